The van der Waals surface area contributed by atoms with Gasteiger partial charge in [0.05, 0.1) is 4.90 Å². The van der Waals surface area contributed by atoms with Crippen molar-refractivity contribution in [3.05, 3.63) is 29.8 Å². The normalized spacial score (nSPS) is 9.71. The lowest BCUT2D eigenvalue weighted by molar-refractivity contribution is 0.597. The Kier molecular flexibility index (Phi) is 2.88. The van der Waals surface area contributed by atoms with E-state index in [2.05, 4.69) is 11.8 Å². The van der Waals surface area contributed by atoms with E-state index in [-0.39, 0.29) is 10.5 Å². The van der Waals surface area contributed by atoms with Gasteiger partial charge in [-0.1, -0.05) is 12.1 Å². The molecular formula is C9H6N2O2S. The van der Waals surface area contributed by atoms with Crippen LogP contribution in [0.25, 0.3) is 0 Å². The van der Waals surface area contributed by atoms with Gasteiger partial charge in [-0.05, 0) is 18.1 Å². The zero-order chi connectivity index (χ0) is 10.6. The summed E-state index contributed by atoms with van der Waals surface area (Å²) >= 11 is 0. The predicted molar refractivity (Wildman–Crippen MR) is 50.3 cm³/mol. The van der Waals surface area contributed by atoms with Crippen molar-refractivity contribution in [1.29, 1.82) is 5.26 Å². The molecule has 0 heterocycles. The molecule has 0 amide bonds. The van der Waals surface area contributed by atoms with Gasteiger partial charge in [-0.25, -0.2) is 13.6 Å². The molecule has 0 aromatic heterocycles. The zero-order valence-corrected chi connectivity index (χ0v) is 7.88. The number of primary sulfonamides is 1. The van der Waals surface area contributed by atoms with Gasteiger partial charge < -0.3 is 0 Å². The SMILES string of the molecule is N#CC#Cc1ccccc1S(N)(=O)=O. The number of benzene rings is 1. The molecule has 4 nitrogen and oxygen atoms in total. The molecule has 0 fully saturated rings. The molecule has 1 aromatic carbocycles. The quantitative estimate of drug-likeness (QED) is 0.666. The third-order valence-electron chi connectivity index (χ3n) is 1.45. The van der Waals surface area contributed by atoms with Crippen molar-refractivity contribution in [3.8, 4) is 17.9 Å². The highest BCUT2D eigenvalue weighted by atomic mass is 32.2. The first kappa shape index (κ1) is 10.3. The maximum absolute atomic E-state index is 11.0. The van der Waals surface area contributed by atoms with Crippen molar-refractivity contribution >= 4 is 10.0 Å². The Morgan fingerprint density at radius 2 is 1.93 bits per heavy atom. The van der Waals surface area contributed by atoms with Gasteiger partial charge in [-0.15, -0.1) is 0 Å². The number of nitrogens with two attached hydrogens (primary N) is 1. The van der Waals surface area contributed by atoms with E-state index in [0.29, 0.717) is 0 Å². The third kappa shape index (κ3) is 2.33. The highest BCUT2D eigenvalue weighted by molar-refractivity contribution is 7.89. The highest BCUT2D eigenvalue weighted by Gasteiger charge is 2.10. The molecule has 0 unspecified atom stereocenters. The Morgan fingerprint density at radius 3 is 2.50 bits per heavy atom. The predicted octanol–water partition coefficient (Wildman–Crippen LogP) is 0.209. The summed E-state index contributed by atoms with van der Waals surface area (Å²) in [6, 6.07) is 7.59. The van der Waals surface area contributed by atoms with Crippen molar-refractivity contribution in [1.82, 2.24) is 0 Å². The van der Waals surface area contributed by atoms with E-state index < -0.39 is 10.0 Å². The third-order valence-corrected chi connectivity index (χ3v) is 2.42. The Bertz CT molecular complexity index is 544. The lowest BCUT2D eigenvalue weighted by atomic mass is 10.2. The zero-order valence-electron chi connectivity index (χ0n) is 7.06. The summed E-state index contributed by atoms with van der Waals surface area (Å²) in [5, 5.41) is 13.2. The highest BCUT2D eigenvalue weighted by Crippen LogP contribution is 2.11. The van der Waals surface area contributed by atoms with E-state index in [0.717, 1.165) is 0 Å². The molecule has 0 aliphatic carbocycles. The van der Waals surface area contributed by atoms with E-state index in [1.54, 1.807) is 12.1 Å². The van der Waals surface area contributed by atoms with Crippen molar-refractivity contribution in [2.24, 2.45) is 5.14 Å². The van der Waals surface area contributed by atoms with E-state index in [1.165, 1.54) is 18.2 Å². The van der Waals surface area contributed by atoms with Crippen molar-refractivity contribution in [3.63, 3.8) is 0 Å². The summed E-state index contributed by atoms with van der Waals surface area (Å²) < 4.78 is 22.1. The molecule has 0 saturated carbocycles. The molecule has 0 atom stereocenters. The molecule has 70 valence electrons. The lowest BCUT2D eigenvalue weighted by Gasteiger charge is -1.99. The standard InChI is InChI=1S/C9H6N2O2S/c10-7-3-5-8-4-1-2-6-9(8)14(11,12)13/h1-2,4,6H,(H2,11,12,13). The Morgan fingerprint density at radius 1 is 1.29 bits per heavy atom. The van der Waals surface area contributed by atoms with Gasteiger partial charge in [0.2, 0.25) is 10.0 Å². The van der Waals surface area contributed by atoms with Crippen LogP contribution in [0.5, 0.6) is 0 Å². The Labute approximate surface area is 82.0 Å². The fraction of sp³-hybridized carbons (Fsp3) is 0. The molecule has 0 radical (unpaired) electrons. The molecule has 14 heavy (non-hydrogen) atoms. The van der Waals surface area contributed by atoms with Gasteiger partial charge in [0.15, 0.2) is 6.07 Å². The number of hydrogen-bond donors (Lipinski definition) is 1. The Hall–Kier alpha value is -1.82. The molecule has 1 rings (SSSR count). The second kappa shape index (κ2) is 3.93. The number of nitriles is 1. The van der Waals surface area contributed by atoms with Gasteiger partial charge in [0, 0.05) is 11.5 Å². The van der Waals surface area contributed by atoms with Gasteiger partial charge in [0.25, 0.3) is 0 Å². The second-order valence-corrected chi connectivity index (χ2v) is 3.93. The van der Waals surface area contributed by atoms with Crippen LogP contribution in [0.4, 0.5) is 0 Å². The number of hydrogen-bond acceptors (Lipinski definition) is 3. The van der Waals surface area contributed by atoms with Crippen LogP contribution in [0.1, 0.15) is 5.56 Å². The molecule has 0 aliphatic rings. The molecule has 0 aliphatic heterocycles. The van der Waals surface area contributed by atoms with Crippen LogP contribution in [-0.2, 0) is 10.0 Å². The van der Waals surface area contributed by atoms with Crippen molar-refractivity contribution < 1.29 is 8.42 Å². The molecule has 0 bridgehead atoms. The lowest BCUT2D eigenvalue weighted by Crippen LogP contribution is -2.13. The van der Waals surface area contributed by atoms with Crippen molar-refractivity contribution in [2.75, 3.05) is 0 Å². The fourth-order valence-electron chi connectivity index (χ4n) is 0.913. The summed E-state index contributed by atoms with van der Waals surface area (Å²) in [6.45, 7) is 0. The summed E-state index contributed by atoms with van der Waals surface area (Å²) in [5.41, 5.74) is 0.233. The maximum Gasteiger partial charge on any atom is 0.239 e. The van der Waals surface area contributed by atoms with E-state index in [9.17, 15) is 8.42 Å². The minimum Gasteiger partial charge on any atom is -0.225 e. The minimum absolute atomic E-state index is 0.0669. The number of sulfonamides is 1. The second-order valence-electron chi connectivity index (χ2n) is 2.40. The molecule has 2 N–H and O–H groups in total. The first-order valence-electron chi connectivity index (χ1n) is 3.57. The van der Waals surface area contributed by atoms with E-state index >= 15 is 0 Å². The van der Waals surface area contributed by atoms with Gasteiger partial charge >= 0.3 is 0 Å². The molecule has 0 saturated heterocycles. The summed E-state index contributed by atoms with van der Waals surface area (Å²) in [6.07, 6.45) is 0. The van der Waals surface area contributed by atoms with Crippen LogP contribution in [0.2, 0.25) is 0 Å². The van der Waals surface area contributed by atoms with Crippen molar-refractivity contribution in [2.45, 2.75) is 4.90 Å². The van der Waals surface area contributed by atoms with Gasteiger partial charge in [0.1, 0.15) is 0 Å². The number of rotatable bonds is 1. The van der Waals surface area contributed by atoms with Crippen LogP contribution >= 0.6 is 0 Å². The molecule has 1 aromatic rings. The monoisotopic (exact) mass is 206 g/mol. The average Bonchev–Trinajstić information content (AvgIpc) is 2.14. The van der Waals surface area contributed by atoms with E-state index in [4.69, 9.17) is 10.4 Å². The summed E-state index contributed by atoms with van der Waals surface area (Å²) in [7, 11) is -3.78. The topological polar surface area (TPSA) is 83.9 Å². The fourth-order valence-corrected chi connectivity index (χ4v) is 1.61. The van der Waals surface area contributed by atoms with E-state index in [1.807, 2.05) is 0 Å². The van der Waals surface area contributed by atoms with Crippen LogP contribution in [0.3, 0.4) is 0 Å². The number of nitrogens with zero attached hydrogens (tertiary/aromatic N) is 1. The van der Waals surface area contributed by atoms with Crippen LogP contribution < -0.4 is 5.14 Å². The maximum atomic E-state index is 11.0. The Balaban J connectivity index is 3.40. The van der Waals surface area contributed by atoms with Crippen LogP contribution in [-0.4, -0.2) is 8.42 Å². The average molecular weight is 206 g/mol. The first-order chi connectivity index (χ1) is 6.55. The minimum atomic E-state index is -3.78. The smallest absolute Gasteiger partial charge is 0.225 e. The molecule has 0 spiro atoms. The largest absolute Gasteiger partial charge is 0.239 e. The van der Waals surface area contributed by atoms with Gasteiger partial charge in [-0.2, -0.15) is 5.26 Å². The van der Waals surface area contributed by atoms with Crippen LogP contribution in [0, 0.1) is 23.2 Å². The van der Waals surface area contributed by atoms with Crippen LogP contribution in [0.15, 0.2) is 29.2 Å². The summed E-state index contributed by atoms with van der Waals surface area (Å²) in [5.74, 6) is 4.51. The van der Waals surface area contributed by atoms with Gasteiger partial charge in [-0.3, -0.25) is 0 Å². The molecule has 5 heteroatoms. The molecular weight excluding hydrogens is 200 g/mol. The first-order valence-corrected chi connectivity index (χ1v) is 5.12. The summed E-state index contributed by atoms with van der Waals surface area (Å²) in [4.78, 5) is -0.0669.